The van der Waals surface area contributed by atoms with Crippen molar-refractivity contribution in [3.05, 3.63) is 104 Å². The van der Waals surface area contributed by atoms with Crippen LogP contribution in [-0.2, 0) is 6.54 Å². The predicted octanol–water partition coefficient (Wildman–Crippen LogP) is 5.32. The Hall–Kier alpha value is -3.71. The lowest BCUT2D eigenvalue weighted by molar-refractivity contribution is 0.0685. The molecule has 0 spiro atoms. The van der Waals surface area contributed by atoms with Gasteiger partial charge in [0.15, 0.2) is 0 Å². The van der Waals surface area contributed by atoms with E-state index in [0.717, 1.165) is 4.47 Å². The molecule has 0 unspecified atom stereocenters. The molecular formula is C27H23BrN2O4. The van der Waals surface area contributed by atoms with Crippen molar-refractivity contribution in [3.8, 4) is 11.1 Å². The Morgan fingerprint density at radius 3 is 2.26 bits per heavy atom. The minimum absolute atomic E-state index is 0.0120. The molecule has 4 rings (SSSR count). The van der Waals surface area contributed by atoms with Gasteiger partial charge in [0.1, 0.15) is 5.69 Å². The number of aromatic carboxylic acids is 1. The molecule has 0 aliphatic rings. The summed E-state index contributed by atoms with van der Waals surface area (Å²) < 4.78 is 2.05. The second kappa shape index (κ2) is 9.65. The van der Waals surface area contributed by atoms with Crippen LogP contribution in [-0.4, -0.2) is 27.6 Å². The number of halogens is 1. The molecule has 0 radical (unpaired) electrons. The van der Waals surface area contributed by atoms with Gasteiger partial charge in [0, 0.05) is 27.0 Å². The SMILES string of the molecule is CC(C)NC(=O)c1ccc(Cn2c(C(=O)O)c(-c3ccccc3)c3cc(Br)ccc3c2=O)cc1. The summed E-state index contributed by atoms with van der Waals surface area (Å²) in [6, 6.07) is 21.3. The van der Waals surface area contributed by atoms with Crippen molar-refractivity contribution >= 4 is 38.6 Å². The lowest BCUT2D eigenvalue weighted by Crippen LogP contribution is -2.30. The zero-order valence-corrected chi connectivity index (χ0v) is 20.3. The van der Waals surface area contributed by atoms with Crippen LogP contribution in [0.15, 0.2) is 82.1 Å². The number of rotatable bonds is 6. The van der Waals surface area contributed by atoms with E-state index in [1.807, 2.05) is 44.2 Å². The Balaban J connectivity index is 1.90. The number of nitrogens with one attached hydrogen (secondary N) is 1. The molecule has 0 fully saturated rings. The highest BCUT2D eigenvalue weighted by atomic mass is 79.9. The van der Waals surface area contributed by atoms with Crippen LogP contribution < -0.4 is 10.9 Å². The summed E-state index contributed by atoms with van der Waals surface area (Å²) >= 11 is 3.44. The lowest BCUT2D eigenvalue weighted by Gasteiger charge is -2.18. The highest BCUT2D eigenvalue weighted by Crippen LogP contribution is 2.32. The molecule has 0 saturated heterocycles. The number of fused-ring (bicyclic) bond motifs is 1. The van der Waals surface area contributed by atoms with Crippen molar-refractivity contribution in [1.29, 1.82) is 0 Å². The average Bonchev–Trinajstić information content (AvgIpc) is 2.80. The van der Waals surface area contributed by atoms with Crippen molar-refractivity contribution in [2.45, 2.75) is 26.4 Å². The largest absolute Gasteiger partial charge is 0.477 e. The average molecular weight is 519 g/mol. The van der Waals surface area contributed by atoms with E-state index in [1.165, 1.54) is 4.57 Å². The molecule has 0 aliphatic heterocycles. The maximum Gasteiger partial charge on any atom is 0.353 e. The van der Waals surface area contributed by atoms with Crippen molar-refractivity contribution in [1.82, 2.24) is 9.88 Å². The van der Waals surface area contributed by atoms with Crippen LogP contribution >= 0.6 is 15.9 Å². The molecule has 1 aromatic heterocycles. The van der Waals surface area contributed by atoms with Gasteiger partial charge < -0.3 is 10.4 Å². The summed E-state index contributed by atoms with van der Waals surface area (Å²) in [5, 5.41) is 14.1. The highest BCUT2D eigenvalue weighted by molar-refractivity contribution is 9.10. The smallest absolute Gasteiger partial charge is 0.353 e. The summed E-state index contributed by atoms with van der Waals surface area (Å²) in [4.78, 5) is 38.2. The number of hydrogen-bond donors (Lipinski definition) is 2. The normalized spacial score (nSPS) is 11.1. The van der Waals surface area contributed by atoms with Crippen LogP contribution in [0.5, 0.6) is 0 Å². The topological polar surface area (TPSA) is 88.4 Å². The number of amides is 1. The third kappa shape index (κ3) is 4.65. The van der Waals surface area contributed by atoms with Gasteiger partial charge in [0.05, 0.1) is 6.54 Å². The van der Waals surface area contributed by atoms with Crippen molar-refractivity contribution in [3.63, 3.8) is 0 Å². The van der Waals surface area contributed by atoms with Gasteiger partial charge in [-0.25, -0.2) is 4.79 Å². The maximum absolute atomic E-state index is 13.5. The fraction of sp³-hybridized carbons (Fsp3) is 0.148. The number of nitrogens with zero attached hydrogens (tertiary/aromatic N) is 1. The van der Waals surface area contributed by atoms with Crippen molar-refractivity contribution < 1.29 is 14.7 Å². The Labute approximate surface area is 205 Å². The summed E-state index contributed by atoms with van der Waals surface area (Å²) in [5.41, 5.74) is 1.93. The number of carbonyl (C=O) groups is 2. The zero-order chi connectivity index (χ0) is 24.4. The molecule has 7 heteroatoms. The quantitative estimate of drug-likeness (QED) is 0.361. The van der Waals surface area contributed by atoms with Gasteiger partial charge in [-0.2, -0.15) is 0 Å². The number of carboxylic acid groups (broad SMARTS) is 1. The molecule has 0 bridgehead atoms. The Morgan fingerprint density at radius 2 is 1.65 bits per heavy atom. The number of carboxylic acids is 1. The van der Waals surface area contributed by atoms with Gasteiger partial charge in [0.25, 0.3) is 11.5 Å². The van der Waals surface area contributed by atoms with Gasteiger partial charge in [-0.15, -0.1) is 0 Å². The first kappa shape index (κ1) is 23.4. The number of carbonyl (C=O) groups excluding carboxylic acids is 1. The molecule has 2 N–H and O–H groups in total. The molecule has 1 heterocycles. The number of aromatic nitrogens is 1. The van der Waals surface area contributed by atoms with E-state index in [9.17, 15) is 19.5 Å². The van der Waals surface area contributed by atoms with Crippen LogP contribution in [0.3, 0.4) is 0 Å². The van der Waals surface area contributed by atoms with Crippen LogP contribution in [0.25, 0.3) is 21.9 Å². The number of hydrogen-bond acceptors (Lipinski definition) is 3. The van der Waals surface area contributed by atoms with E-state index >= 15 is 0 Å². The van der Waals surface area contributed by atoms with E-state index < -0.39 is 5.97 Å². The minimum atomic E-state index is -1.19. The van der Waals surface area contributed by atoms with Gasteiger partial charge >= 0.3 is 5.97 Å². The molecule has 4 aromatic rings. The summed E-state index contributed by atoms with van der Waals surface area (Å²) in [7, 11) is 0. The van der Waals surface area contributed by atoms with E-state index in [4.69, 9.17) is 0 Å². The highest BCUT2D eigenvalue weighted by Gasteiger charge is 2.23. The Bertz CT molecular complexity index is 1440. The van der Waals surface area contributed by atoms with E-state index in [-0.39, 0.29) is 29.7 Å². The lowest BCUT2D eigenvalue weighted by atomic mass is 9.96. The first-order valence-electron chi connectivity index (χ1n) is 10.8. The van der Waals surface area contributed by atoms with Crippen LogP contribution in [0, 0.1) is 0 Å². The van der Waals surface area contributed by atoms with E-state index in [2.05, 4.69) is 21.2 Å². The summed E-state index contributed by atoms with van der Waals surface area (Å²) in [6.45, 7) is 3.82. The fourth-order valence-electron chi connectivity index (χ4n) is 3.98. The molecule has 0 saturated carbocycles. The molecular weight excluding hydrogens is 496 g/mol. The summed E-state index contributed by atoms with van der Waals surface area (Å²) in [6.07, 6.45) is 0. The molecule has 6 nitrogen and oxygen atoms in total. The van der Waals surface area contributed by atoms with Crippen LogP contribution in [0.4, 0.5) is 0 Å². The van der Waals surface area contributed by atoms with E-state index in [1.54, 1.807) is 42.5 Å². The monoisotopic (exact) mass is 518 g/mol. The maximum atomic E-state index is 13.5. The second-order valence-electron chi connectivity index (χ2n) is 8.30. The van der Waals surface area contributed by atoms with Gasteiger partial charge in [0.2, 0.25) is 0 Å². The van der Waals surface area contributed by atoms with Crippen molar-refractivity contribution in [2.75, 3.05) is 0 Å². The standard InChI is InChI=1S/C27H23BrN2O4/c1-16(2)29-25(31)19-10-8-17(9-11-19)15-30-24(27(33)34)23(18-6-4-3-5-7-18)22-14-20(28)12-13-21(22)26(30)32/h3-14,16H,15H2,1-2H3,(H,29,31)(H,33,34). The summed E-state index contributed by atoms with van der Waals surface area (Å²) in [5.74, 6) is -1.38. The van der Waals surface area contributed by atoms with Crippen LogP contribution in [0.1, 0.15) is 40.3 Å². The first-order valence-corrected chi connectivity index (χ1v) is 11.6. The zero-order valence-electron chi connectivity index (χ0n) is 18.7. The van der Waals surface area contributed by atoms with Crippen molar-refractivity contribution in [2.24, 2.45) is 0 Å². The first-order chi connectivity index (χ1) is 16.3. The molecule has 1 amide bonds. The molecule has 34 heavy (non-hydrogen) atoms. The number of pyridine rings is 1. The minimum Gasteiger partial charge on any atom is -0.477 e. The Morgan fingerprint density at radius 1 is 0.971 bits per heavy atom. The van der Waals surface area contributed by atoms with Gasteiger partial charge in [-0.05, 0) is 60.7 Å². The van der Waals surface area contributed by atoms with E-state index in [0.29, 0.717) is 33.0 Å². The molecule has 0 atom stereocenters. The molecule has 0 aliphatic carbocycles. The Kier molecular flexibility index (Phi) is 6.65. The molecule has 172 valence electrons. The predicted molar refractivity (Wildman–Crippen MR) is 136 cm³/mol. The molecule has 3 aromatic carbocycles. The van der Waals surface area contributed by atoms with Gasteiger partial charge in [-0.1, -0.05) is 58.4 Å². The van der Waals surface area contributed by atoms with Gasteiger partial charge in [-0.3, -0.25) is 14.2 Å². The third-order valence-corrected chi connectivity index (χ3v) is 5.97. The second-order valence-corrected chi connectivity index (χ2v) is 9.22. The number of benzene rings is 3. The van der Waals surface area contributed by atoms with Crippen LogP contribution in [0.2, 0.25) is 0 Å². The third-order valence-electron chi connectivity index (χ3n) is 5.47. The fourth-order valence-corrected chi connectivity index (χ4v) is 4.34.